The number of hydrogen-bond acceptors (Lipinski definition) is 5. The summed E-state index contributed by atoms with van der Waals surface area (Å²) in [5.41, 5.74) is 0.838. The van der Waals surface area contributed by atoms with Crippen molar-refractivity contribution >= 4 is 39.4 Å². The molecule has 0 spiro atoms. The molecule has 0 aliphatic carbocycles. The van der Waals surface area contributed by atoms with Gasteiger partial charge in [0.2, 0.25) is 0 Å². The molecule has 106 valence electrons. The molecule has 2 aromatic heterocycles. The number of carbonyl (C=O) groups is 1. The standard InChI is InChI=1S/C14H10ClN3O3/c1-6-10(14(20)21-2)11-8-5-7(15)3-4-9(8)16-13(19)12(11)18-17-6/h3-5H,1-2H3,(H,16,19). The molecule has 1 aromatic carbocycles. The number of methoxy groups -OCH3 is 1. The number of carbonyl (C=O) groups excluding carboxylic acids is 1. The van der Waals surface area contributed by atoms with Crippen LogP contribution in [-0.4, -0.2) is 28.3 Å². The lowest BCUT2D eigenvalue weighted by Gasteiger charge is -2.09. The van der Waals surface area contributed by atoms with E-state index in [4.69, 9.17) is 16.3 Å². The van der Waals surface area contributed by atoms with E-state index in [9.17, 15) is 9.59 Å². The Morgan fingerprint density at radius 1 is 1.33 bits per heavy atom. The third kappa shape index (κ3) is 2.04. The zero-order valence-corrected chi connectivity index (χ0v) is 12.0. The van der Waals surface area contributed by atoms with Crippen LogP contribution in [0.5, 0.6) is 0 Å². The van der Waals surface area contributed by atoms with E-state index in [-0.39, 0.29) is 11.1 Å². The van der Waals surface area contributed by atoms with Crippen LogP contribution >= 0.6 is 11.6 Å². The highest BCUT2D eigenvalue weighted by Gasteiger charge is 2.20. The van der Waals surface area contributed by atoms with Crippen molar-refractivity contribution in [3.05, 3.63) is 44.8 Å². The topological polar surface area (TPSA) is 84.9 Å². The third-order valence-electron chi connectivity index (χ3n) is 3.25. The van der Waals surface area contributed by atoms with Crippen molar-refractivity contribution in [2.45, 2.75) is 6.92 Å². The van der Waals surface area contributed by atoms with Crippen LogP contribution in [0.1, 0.15) is 16.1 Å². The molecule has 0 saturated carbocycles. The number of benzene rings is 1. The van der Waals surface area contributed by atoms with Gasteiger partial charge in [-0.05, 0) is 25.1 Å². The van der Waals surface area contributed by atoms with Gasteiger partial charge in [-0.15, -0.1) is 5.10 Å². The van der Waals surface area contributed by atoms with Crippen LogP contribution in [-0.2, 0) is 4.74 Å². The summed E-state index contributed by atoms with van der Waals surface area (Å²) in [4.78, 5) is 26.9. The lowest BCUT2D eigenvalue weighted by Crippen LogP contribution is -2.14. The molecular weight excluding hydrogens is 294 g/mol. The maximum atomic E-state index is 12.1. The molecule has 21 heavy (non-hydrogen) atoms. The Morgan fingerprint density at radius 2 is 2.10 bits per heavy atom. The molecule has 0 atom stereocenters. The number of pyridine rings is 1. The second kappa shape index (κ2) is 4.82. The number of hydrogen-bond donors (Lipinski definition) is 1. The molecule has 3 rings (SSSR count). The normalized spacial score (nSPS) is 11.0. The summed E-state index contributed by atoms with van der Waals surface area (Å²) in [6.07, 6.45) is 0. The average molecular weight is 304 g/mol. The fourth-order valence-electron chi connectivity index (χ4n) is 2.31. The summed E-state index contributed by atoms with van der Waals surface area (Å²) in [5.74, 6) is -0.570. The first-order valence-corrected chi connectivity index (χ1v) is 6.47. The van der Waals surface area contributed by atoms with Gasteiger partial charge in [-0.1, -0.05) is 11.6 Å². The van der Waals surface area contributed by atoms with Gasteiger partial charge in [-0.25, -0.2) is 4.79 Å². The van der Waals surface area contributed by atoms with Gasteiger partial charge in [0.1, 0.15) is 0 Å². The molecule has 0 fully saturated rings. The van der Waals surface area contributed by atoms with Crippen LogP contribution in [0.2, 0.25) is 5.02 Å². The Morgan fingerprint density at radius 3 is 2.81 bits per heavy atom. The molecule has 0 aliphatic heterocycles. The maximum Gasteiger partial charge on any atom is 0.340 e. The number of esters is 1. The van der Waals surface area contributed by atoms with Gasteiger partial charge in [0.25, 0.3) is 5.56 Å². The molecule has 0 bridgehead atoms. The predicted molar refractivity (Wildman–Crippen MR) is 78.8 cm³/mol. The largest absolute Gasteiger partial charge is 0.465 e. The lowest BCUT2D eigenvalue weighted by atomic mass is 10.0. The number of rotatable bonds is 1. The number of aromatic nitrogens is 3. The fraction of sp³-hybridized carbons (Fsp3) is 0.143. The van der Waals surface area contributed by atoms with Gasteiger partial charge in [0.15, 0.2) is 5.52 Å². The van der Waals surface area contributed by atoms with Crippen molar-refractivity contribution < 1.29 is 9.53 Å². The molecule has 3 aromatic rings. The van der Waals surface area contributed by atoms with Crippen molar-refractivity contribution in [1.82, 2.24) is 15.2 Å². The van der Waals surface area contributed by atoms with Crippen LogP contribution in [0.4, 0.5) is 0 Å². The Kier molecular flexibility index (Phi) is 3.10. The van der Waals surface area contributed by atoms with Crippen molar-refractivity contribution in [2.24, 2.45) is 0 Å². The number of nitrogens with zero attached hydrogens (tertiary/aromatic N) is 2. The summed E-state index contributed by atoms with van der Waals surface area (Å²) in [6.45, 7) is 1.64. The summed E-state index contributed by atoms with van der Waals surface area (Å²) in [5, 5.41) is 9.26. The number of nitrogens with one attached hydrogen (secondary N) is 1. The molecule has 0 radical (unpaired) electrons. The average Bonchev–Trinajstić information content (AvgIpc) is 2.47. The first-order valence-electron chi connectivity index (χ1n) is 6.09. The van der Waals surface area contributed by atoms with E-state index in [1.165, 1.54) is 7.11 Å². The van der Waals surface area contributed by atoms with Gasteiger partial charge in [-0.3, -0.25) is 4.79 Å². The zero-order valence-electron chi connectivity index (χ0n) is 11.2. The summed E-state index contributed by atoms with van der Waals surface area (Å²) in [7, 11) is 1.27. The van der Waals surface area contributed by atoms with Crippen LogP contribution < -0.4 is 5.56 Å². The quantitative estimate of drug-likeness (QED) is 0.550. The van der Waals surface area contributed by atoms with E-state index in [1.807, 2.05) is 0 Å². The second-order valence-electron chi connectivity index (χ2n) is 4.52. The molecule has 6 nitrogen and oxygen atoms in total. The number of ether oxygens (including phenoxy) is 1. The Labute approximate surface area is 123 Å². The van der Waals surface area contributed by atoms with Crippen LogP contribution in [0.3, 0.4) is 0 Å². The molecule has 0 amide bonds. The molecule has 2 heterocycles. The molecule has 0 aliphatic rings. The highest BCUT2D eigenvalue weighted by atomic mass is 35.5. The lowest BCUT2D eigenvalue weighted by molar-refractivity contribution is 0.0601. The fourth-order valence-corrected chi connectivity index (χ4v) is 2.48. The van der Waals surface area contributed by atoms with Gasteiger partial charge >= 0.3 is 5.97 Å². The van der Waals surface area contributed by atoms with Gasteiger partial charge in [0, 0.05) is 21.3 Å². The van der Waals surface area contributed by atoms with Gasteiger partial charge < -0.3 is 9.72 Å². The highest BCUT2D eigenvalue weighted by molar-refractivity contribution is 6.32. The van der Waals surface area contributed by atoms with Crippen LogP contribution in [0.15, 0.2) is 23.0 Å². The van der Waals surface area contributed by atoms with Crippen molar-refractivity contribution in [1.29, 1.82) is 0 Å². The minimum Gasteiger partial charge on any atom is -0.465 e. The van der Waals surface area contributed by atoms with E-state index in [0.717, 1.165) is 0 Å². The number of aryl methyl sites for hydroxylation is 1. The predicted octanol–water partition coefficient (Wildman–Crippen LogP) is 2.22. The molecular formula is C14H10ClN3O3. The summed E-state index contributed by atoms with van der Waals surface area (Å²) in [6, 6.07) is 5.00. The van der Waals surface area contributed by atoms with E-state index < -0.39 is 11.5 Å². The first-order chi connectivity index (χ1) is 10.0. The van der Waals surface area contributed by atoms with Crippen molar-refractivity contribution in [3.8, 4) is 0 Å². The monoisotopic (exact) mass is 303 g/mol. The number of fused-ring (bicyclic) bond motifs is 3. The molecule has 7 heteroatoms. The van der Waals surface area contributed by atoms with Gasteiger partial charge in [0.05, 0.1) is 18.4 Å². The Hall–Kier alpha value is -2.47. The Balaban J connectivity index is 2.65. The smallest absolute Gasteiger partial charge is 0.340 e. The second-order valence-corrected chi connectivity index (χ2v) is 4.96. The summed E-state index contributed by atoms with van der Waals surface area (Å²) < 4.78 is 4.79. The van der Waals surface area contributed by atoms with E-state index in [0.29, 0.717) is 27.0 Å². The van der Waals surface area contributed by atoms with Gasteiger partial charge in [-0.2, -0.15) is 5.10 Å². The maximum absolute atomic E-state index is 12.1. The molecule has 0 unspecified atom stereocenters. The third-order valence-corrected chi connectivity index (χ3v) is 3.49. The van der Waals surface area contributed by atoms with E-state index >= 15 is 0 Å². The number of halogens is 1. The summed E-state index contributed by atoms with van der Waals surface area (Å²) >= 11 is 6.02. The number of aromatic amines is 1. The minimum absolute atomic E-state index is 0.0794. The Bertz CT molecular complexity index is 949. The minimum atomic E-state index is -0.570. The van der Waals surface area contributed by atoms with Crippen molar-refractivity contribution in [2.75, 3.05) is 7.11 Å². The van der Waals surface area contributed by atoms with E-state index in [2.05, 4.69) is 15.2 Å². The zero-order chi connectivity index (χ0) is 15.1. The molecule has 1 N–H and O–H groups in total. The number of H-pyrrole nitrogens is 1. The van der Waals surface area contributed by atoms with E-state index in [1.54, 1.807) is 25.1 Å². The van der Waals surface area contributed by atoms with Crippen LogP contribution in [0, 0.1) is 6.92 Å². The van der Waals surface area contributed by atoms with Crippen LogP contribution in [0.25, 0.3) is 21.8 Å². The first kappa shape index (κ1) is 13.5. The molecule has 0 saturated heterocycles. The highest BCUT2D eigenvalue weighted by Crippen LogP contribution is 2.27. The SMILES string of the molecule is COC(=O)c1c(C)nnc2c(=O)[nH]c3ccc(Cl)cc3c12. The van der Waals surface area contributed by atoms with Crippen molar-refractivity contribution in [3.63, 3.8) is 0 Å².